The van der Waals surface area contributed by atoms with Gasteiger partial charge in [0.15, 0.2) is 0 Å². The second kappa shape index (κ2) is 7.05. The summed E-state index contributed by atoms with van der Waals surface area (Å²) in [6, 6.07) is 14.0. The average Bonchev–Trinajstić information content (AvgIpc) is 3.32. The number of benzene rings is 2. The first-order valence-corrected chi connectivity index (χ1v) is 8.57. The molecule has 1 N–H and O–H groups in total. The van der Waals surface area contributed by atoms with E-state index >= 15 is 0 Å². The first-order valence-electron chi connectivity index (χ1n) is 8.57. The van der Waals surface area contributed by atoms with E-state index in [9.17, 15) is 19.8 Å². The number of fused-ring (bicyclic) bond motifs is 1. The van der Waals surface area contributed by atoms with Gasteiger partial charge >= 0.3 is 0 Å². The van der Waals surface area contributed by atoms with Crippen molar-refractivity contribution in [2.75, 3.05) is 0 Å². The van der Waals surface area contributed by atoms with E-state index in [0.29, 0.717) is 28.1 Å². The van der Waals surface area contributed by atoms with E-state index in [2.05, 4.69) is 16.0 Å². The van der Waals surface area contributed by atoms with Gasteiger partial charge in [0.25, 0.3) is 5.69 Å². The Hall–Kier alpha value is -4.25. The summed E-state index contributed by atoms with van der Waals surface area (Å²) in [4.78, 5) is 17.8. The molecule has 0 fully saturated rings. The van der Waals surface area contributed by atoms with Crippen LogP contribution in [-0.4, -0.2) is 14.9 Å². The Bertz CT molecular complexity index is 1330. The van der Waals surface area contributed by atoms with E-state index in [4.69, 9.17) is 4.42 Å². The van der Waals surface area contributed by atoms with Gasteiger partial charge in [0, 0.05) is 23.8 Å². The maximum absolute atomic E-state index is 13.4. The SMILES string of the molecule is Cc1ccc([N+](=O)[O-])cc1-c1ccc(/C=C(/C#N)c2nc3ccc(F)cc3[nH]2)o1. The Morgan fingerprint density at radius 3 is 2.86 bits per heavy atom. The predicted molar refractivity (Wildman–Crippen MR) is 105 cm³/mol. The number of nitro groups is 1. The first kappa shape index (κ1) is 18.1. The summed E-state index contributed by atoms with van der Waals surface area (Å²) in [5.74, 6) is 0.714. The van der Waals surface area contributed by atoms with Crippen molar-refractivity contribution in [1.82, 2.24) is 9.97 Å². The van der Waals surface area contributed by atoms with E-state index in [0.717, 1.165) is 5.56 Å². The van der Waals surface area contributed by atoms with E-state index in [1.165, 1.54) is 36.4 Å². The number of nitro benzene ring substituents is 1. The number of furan rings is 1. The van der Waals surface area contributed by atoms with Gasteiger partial charge in [-0.15, -0.1) is 0 Å². The van der Waals surface area contributed by atoms with Crippen molar-refractivity contribution < 1.29 is 13.7 Å². The van der Waals surface area contributed by atoms with Gasteiger partial charge in [-0.05, 0) is 42.8 Å². The largest absolute Gasteiger partial charge is 0.457 e. The highest BCUT2D eigenvalue weighted by Crippen LogP contribution is 2.30. The molecule has 0 saturated carbocycles. The predicted octanol–water partition coefficient (Wildman–Crippen LogP) is 5.24. The molecular formula is C21H13FN4O3. The van der Waals surface area contributed by atoms with Gasteiger partial charge in [-0.2, -0.15) is 5.26 Å². The van der Waals surface area contributed by atoms with Crippen molar-refractivity contribution >= 4 is 28.4 Å². The number of halogens is 1. The number of nitriles is 1. The fraction of sp³-hybridized carbons (Fsp3) is 0.0476. The highest BCUT2D eigenvalue weighted by Gasteiger charge is 2.14. The number of allylic oxidation sites excluding steroid dienone is 1. The zero-order valence-electron chi connectivity index (χ0n) is 15.1. The fourth-order valence-electron chi connectivity index (χ4n) is 2.97. The van der Waals surface area contributed by atoms with Crippen molar-refractivity contribution in [3.8, 4) is 17.4 Å². The van der Waals surface area contributed by atoms with E-state index < -0.39 is 10.7 Å². The Kier molecular flexibility index (Phi) is 4.41. The molecule has 2 aromatic heterocycles. The second-order valence-electron chi connectivity index (χ2n) is 6.38. The van der Waals surface area contributed by atoms with Crippen LogP contribution in [0, 0.1) is 34.2 Å². The van der Waals surface area contributed by atoms with E-state index in [-0.39, 0.29) is 17.1 Å². The standard InChI is InChI=1S/C21H13FN4O3/c1-12-2-4-15(26(27)28)10-17(12)20-7-5-16(29-20)8-13(11-23)21-24-18-6-3-14(22)9-19(18)25-21/h2-10H,1H3,(H,24,25)/b13-8-. The molecular weight excluding hydrogens is 375 g/mol. The molecule has 0 atom stereocenters. The van der Waals surface area contributed by atoms with Crippen LogP contribution in [0.1, 0.15) is 17.1 Å². The summed E-state index contributed by atoms with van der Waals surface area (Å²) in [5.41, 5.74) is 2.60. The lowest BCUT2D eigenvalue weighted by Gasteiger charge is -2.02. The van der Waals surface area contributed by atoms with Gasteiger partial charge in [0.2, 0.25) is 0 Å². The Balaban J connectivity index is 1.71. The number of aryl methyl sites for hydroxylation is 1. The highest BCUT2D eigenvalue weighted by atomic mass is 19.1. The number of nitrogens with zero attached hydrogens (tertiary/aromatic N) is 3. The third-order valence-electron chi connectivity index (χ3n) is 4.43. The number of rotatable bonds is 4. The third-order valence-corrected chi connectivity index (χ3v) is 4.43. The van der Waals surface area contributed by atoms with Crippen molar-refractivity contribution in [1.29, 1.82) is 5.26 Å². The zero-order chi connectivity index (χ0) is 20.5. The molecule has 0 spiro atoms. The van der Waals surface area contributed by atoms with Crippen LogP contribution in [-0.2, 0) is 0 Å². The molecule has 0 amide bonds. The topological polar surface area (TPSA) is 109 Å². The molecule has 2 heterocycles. The van der Waals surface area contributed by atoms with Crippen LogP contribution >= 0.6 is 0 Å². The van der Waals surface area contributed by atoms with Gasteiger partial charge < -0.3 is 9.40 Å². The smallest absolute Gasteiger partial charge is 0.270 e. The van der Waals surface area contributed by atoms with Crippen molar-refractivity contribution in [2.24, 2.45) is 0 Å². The summed E-state index contributed by atoms with van der Waals surface area (Å²) in [6.45, 7) is 1.82. The third kappa shape index (κ3) is 3.49. The molecule has 7 nitrogen and oxygen atoms in total. The molecule has 0 bridgehead atoms. The van der Waals surface area contributed by atoms with Crippen molar-refractivity contribution in [3.05, 3.63) is 81.6 Å². The van der Waals surface area contributed by atoms with Gasteiger partial charge in [0.05, 0.1) is 21.5 Å². The second-order valence-corrected chi connectivity index (χ2v) is 6.38. The van der Waals surface area contributed by atoms with Crippen LogP contribution in [0.15, 0.2) is 52.9 Å². The van der Waals surface area contributed by atoms with Gasteiger partial charge in [-0.3, -0.25) is 10.1 Å². The summed E-state index contributed by atoms with van der Waals surface area (Å²) >= 11 is 0. The van der Waals surface area contributed by atoms with Crippen LogP contribution in [0.3, 0.4) is 0 Å². The number of aromatic nitrogens is 2. The molecule has 29 heavy (non-hydrogen) atoms. The van der Waals surface area contributed by atoms with Crippen LogP contribution in [0.5, 0.6) is 0 Å². The van der Waals surface area contributed by atoms with Crippen LogP contribution in [0.2, 0.25) is 0 Å². The molecule has 2 aromatic carbocycles. The monoisotopic (exact) mass is 388 g/mol. The number of aromatic amines is 1. The Morgan fingerprint density at radius 2 is 2.10 bits per heavy atom. The van der Waals surface area contributed by atoms with Crippen LogP contribution in [0.25, 0.3) is 34.0 Å². The quantitative estimate of drug-likeness (QED) is 0.292. The molecule has 4 aromatic rings. The number of non-ortho nitro benzene ring substituents is 1. The molecule has 0 radical (unpaired) electrons. The maximum Gasteiger partial charge on any atom is 0.270 e. The maximum atomic E-state index is 13.4. The number of hydrogen-bond acceptors (Lipinski definition) is 5. The number of H-pyrrole nitrogens is 1. The molecule has 4 rings (SSSR count). The molecule has 0 aliphatic carbocycles. The number of imidazole rings is 1. The van der Waals surface area contributed by atoms with E-state index in [1.807, 2.05) is 6.92 Å². The van der Waals surface area contributed by atoms with Crippen LogP contribution in [0.4, 0.5) is 10.1 Å². The summed E-state index contributed by atoms with van der Waals surface area (Å²) < 4.78 is 19.1. The van der Waals surface area contributed by atoms with Crippen LogP contribution < -0.4 is 0 Å². The van der Waals surface area contributed by atoms with E-state index in [1.54, 1.807) is 18.2 Å². The van der Waals surface area contributed by atoms with Gasteiger partial charge in [-0.25, -0.2) is 9.37 Å². The molecule has 0 aliphatic rings. The Labute approximate surface area is 163 Å². The lowest BCUT2D eigenvalue weighted by Crippen LogP contribution is -1.89. The van der Waals surface area contributed by atoms with Gasteiger partial charge in [0.1, 0.15) is 29.2 Å². The highest BCUT2D eigenvalue weighted by molar-refractivity contribution is 5.89. The molecule has 0 aliphatic heterocycles. The average molecular weight is 388 g/mol. The minimum atomic E-state index is -0.467. The summed E-state index contributed by atoms with van der Waals surface area (Å²) in [7, 11) is 0. The lowest BCUT2D eigenvalue weighted by molar-refractivity contribution is -0.384. The molecule has 142 valence electrons. The summed E-state index contributed by atoms with van der Waals surface area (Å²) in [5, 5.41) is 20.5. The minimum Gasteiger partial charge on any atom is -0.457 e. The van der Waals surface area contributed by atoms with Gasteiger partial charge in [-0.1, -0.05) is 6.07 Å². The molecule has 0 saturated heterocycles. The first-order chi connectivity index (χ1) is 13.9. The van der Waals surface area contributed by atoms with Crippen molar-refractivity contribution in [3.63, 3.8) is 0 Å². The summed E-state index contributed by atoms with van der Waals surface area (Å²) in [6.07, 6.45) is 1.50. The minimum absolute atomic E-state index is 0.0358. The molecule has 0 unspecified atom stereocenters. The Morgan fingerprint density at radius 1 is 1.28 bits per heavy atom. The number of hydrogen-bond donors (Lipinski definition) is 1. The lowest BCUT2D eigenvalue weighted by atomic mass is 10.1. The normalized spacial score (nSPS) is 11.6. The van der Waals surface area contributed by atoms with Crippen molar-refractivity contribution in [2.45, 2.75) is 6.92 Å². The number of nitrogens with one attached hydrogen (secondary N) is 1. The fourth-order valence-corrected chi connectivity index (χ4v) is 2.97. The zero-order valence-corrected chi connectivity index (χ0v) is 15.1. The molecule has 8 heteroatoms.